The van der Waals surface area contributed by atoms with E-state index >= 15 is 0 Å². The standard InChI is InChI=1S/C14H18BrFN2O/c15-12-7-10(3-4-13(12)16)5-6-18-14(19)9-17-8-11-1-2-11/h3-4,7,11,17H,1-2,5-6,8-9H2,(H,18,19). The van der Waals surface area contributed by atoms with Crippen molar-refractivity contribution in [3.63, 3.8) is 0 Å². The summed E-state index contributed by atoms with van der Waals surface area (Å²) >= 11 is 3.15. The number of amides is 1. The third kappa shape index (κ3) is 5.28. The zero-order chi connectivity index (χ0) is 13.7. The van der Waals surface area contributed by atoms with Gasteiger partial charge in [-0.05, 0) is 65.4 Å². The Morgan fingerprint density at radius 2 is 2.21 bits per heavy atom. The van der Waals surface area contributed by atoms with Gasteiger partial charge in [0.2, 0.25) is 5.91 Å². The summed E-state index contributed by atoms with van der Waals surface area (Å²) in [5.41, 5.74) is 1.000. The van der Waals surface area contributed by atoms with Crippen LogP contribution in [0.4, 0.5) is 4.39 Å². The molecule has 19 heavy (non-hydrogen) atoms. The zero-order valence-corrected chi connectivity index (χ0v) is 12.3. The van der Waals surface area contributed by atoms with Crippen LogP contribution in [0.3, 0.4) is 0 Å². The molecular weight excluding hydrogens is 311 g/mol. The summed E-state index contributed by atoms with van der Waals surface area (Å²) in [4.78, 5) is 11.5. The molecule has 0 heterocycles. The van der Waals surface area contributed by atoms with E-state index in [1.54, 1.807) is 12.1 Å². The maximum absolute atomic E-state index is 13.0. The van der Waals surface area contributed by atoms with E-state index in [9.17, 15) is 9.18 Å². The lowest BCUT2D eigenvalue weighted by Gasteiger charge is -2.07. The fraction of sp³-hybridized carbons (Fsp3) is 0.500. The monoisotopic (exact) mass is 328 g/mol. The molecule has 0 saturated heterocycles. The second-order valence-corrected chi connectivity index (χ2v) is 5.78. The molecule has 0 atom stereocenters. The van der Waals surface area contributed by atoms with Crippen molar-refractivity contribution in [2.45, 2.75) is 19.3 Å². The van der Waals surface area contributed by atoms with Gasteiger partial charge < -0.3 is 10.6 Å². The minimum atomic E-state index is -0.267. The van der Waals surface area contributed by atoms with E-state index < -0.39 is 0 Å². The summed E-state index contributed by atoms with van der Waals surface area (Å²) in [5, 5.41) is 5.99. The summed E-state index contributed by atoms with van der Waals surface area (Å²) in [6, 6.07) is 4.91. The maximum Gasteiger partial charge on any atom is 0.233 e. The van der Waals surface area contributed by atoms with E-state index in [4.69, 9.17) is 0 Å². The molecular formula is C14H18BrFN2O. The van der Waals surface area contributed by atoms with Crippen LogP contribution in [0, 0.1) is 11.7 Å². The van der Waals surface area contributed by atoms with Gasteiger partial charge in [0.15, 0.2) is 0 Å². The van der Waals surface area contributed by atoms with Crippen molar-refractivity contribution in [3.05, 3.63) is 34.1 Å². The Morgan fingerprint density at radius 1 is 1.42 bits per heavy atom. The molecule has 0 unspecified atom stereocenters. The van der Waals surface area contributed by atoms with Crippen LogP contribution in [-0.4, -0.2) is 25.5 Å². The fourth-order valence-electron chi connectivity index (χ4n) is 1.82. The maximum atomic E-state index is 13.0. The molecule has 3 nitrogen and oxygen atoms in total. The number of carbonyl (C=O) groups excluding carboxylic acids is 1. The molecule has 1 aliphatic carbocycles. The molecule has 0 radical (unpaired) electrons. The lowest BCUT2D eigenvalue weighted by atomic mass is 10.1. The van der Waals surface area contributed by atoms with Crippen molar-refractivity contribution in [1.29, 1.82) is 0 Å². The molecule has 2 N–H and O–H groups in total. The summed E-state index contributed by atoms with van der Waals surface area (Å²) < 4.78 is 13.5. The van der Waals surface area contributed by atoms with E-state index in [1.807, 2.05) is 0 Å². The molecule has 0 aliphatic heterocycles. The smallest absolute Gasteiger partial charge is 0.233 e. The van der Waals surface area contributed by atoms with Gasteiger partial charge in [0, 0.05) is 6.54 Å². The quantitative estimate of drug-likeness (QED) is 0.806. The first kappa shape index (κ1) is 14.5. The SMILES string of the molecule is O=C(CNCC1CC1)NCCc1ccc(F)c(Br)c1. The minimum absolute atomic E-state index is 0.0156. The van der Waals surface area contributed by atoms with Crippen molar-refractivity contribution in [2.24, 2.45) is 5.92 Å². The van der Waals surface area contributed by atoms with Crippen molar-refractivity contribution >= 4 is 21.8 Å². The topological polar surface area (TPSA) is 41.1 Å². The first-order valence-electron chi connectivity index (χ1n) is 6.56. The highest BCUT2D eigenvalue weighted by molar-refractivity contribution is 9.10. The van der Waals surface area contributed by atoms with Crippen LogP contribution >= 0.6 is 15.9 Å². The second-order valence-electron chi connectivity index (χ2n) is 4.92. The van der Waals surface area contributed by atoms with Gasteiger partial charge in [0.05, 0.1) is 11.0 Å². The lowest BCUT2D eigenvalue weighted by Crippen LogP contribution is -2.35. The molecule has 0 spiro atoms. The van der Waals surface area contributed by atoms with Gasteiger partial charge in [-0.25, -0.2) is 4.39 Å². The fourth-order valence-corrected chi connectivity index (χ4v) is 2.24. The molecule has 1 amide bonds. The van der Waals surface area contributed by atoms with Crippen molar-refractivity contribution < 1.29 is 9.18 Å². The van der Waals surface area contributed by atoms with Crippen LogP contribution < -0.4 is 10.6 Å². The molecule has 1 fully saturated rings. The first-order chi connectivity index (χ1) is 9.15. The van der Waals surface area contributed by atoms with Gasteiger partial charge in [-0.2, -0.15) is 0 Å². The largest absolute Gasteiger partial charge is 0.355 e. The highest BCUT2D eigenvalue weighted by Gasteiger charge is 2.20. The molecule has 1 saturated carbocycles. The van der Waals surface area contributed by atoms with Crippen LogP contribution in [0.15, 0.2) is 22.7 Å². The molecule has 0 bridgehead atoms. The van der Waals surface area contributed by atoms with Crippen LogP contribution in [0.2, 0.25) is 0 Å². The number of nitrogens with one attached hydrogen (secondary N) is 2. The summed E-state index contributed by atoms with van der Waals surface area (Å²) in [6.07, 6.45) is 3.27. The number of hydrogen-bond donors (Lipinski definition) is 2. The second kappa shape index (κ2) is 7.01. The lowest BCUT2D eigenvalue weighted by molar-refractivity contribution is -0.120. The number of rotatable bonds is 7. The summed E-state index contributed by atoms with van der Waals surface area (Å²) in [6.45, 7) is 1.89. The van der Waals surface area contributed by atoms with Gasteiger partial charge in [-0.15, -0.1) is 0 Å². The Morgan fingerprint density at radius 3 is 2.89 bits per heavy atom. The van der Waals surface area contributed by atoms with Gasteiger partial charge >= 0.3 is 0 Å². The number of hydrogen-bond acceptors (Lipinski definition) is 2. The number of benzene rings is 1. The number of carbonyl (C=O) groups is 1. The molecule has 1 aromatic rings. The molecule has 104 valence electrons. The van der Waals surface area contributed by atoms with E-state index in [0.717, 1.165) is 18.0 Å². The number of halogens is 2. The van der Waals surface area contributed by atoms with E-state index in [0.29, 0.717) is 24.0 Å². The third-order valence-corrected chi connectivity index (χ3v) is 3.74. The Bertz CT molecular complexity index is 449. The third-order valence-electron chi connectivity index (χ3n) is 3.14. The summed E-state index contributed by atoms with van der Waals surface area (Å²) in [5.74, 6) is 0.531. The Kier molecular flexibility index (Phi) is 5.34. The first-order valence-corrected chi connectivity index (χ1v) is 7.36. The molecule has 5 heteroatoms. The molecule has 2 rings (SSSR count). The van der Waals surface area contributed by atoms with Crippen molar-refractivity contribution in [3.8, 4) is 0 Å². The zero-order valence-electron chi connectivity index (χ0n) is 10.7. The van der Waals surface area contributed by atoms with Crippen LogP contribution in [-0.2, 0) is 11.2 Å². The van der Waals surface area contributed by atoms with Crippen LogP contribution in [0.1, 0.15) is 18.4 Å². The van der Waals surface area contributed by atoms with E-state index in [-0.39, 0.29) is 11.7 Å². The Labute approximate surface area is 121 Å². The predicted molar refractivity (Wildman–Crippen MR) is 76.4 cm³/mol. The predicted octanol–water partition coefficient (Wildman–Crippen LogP) is 2.25. The van der Waals surface area contributed by atoms with Gasteiger partial charge in [-0.3, -0.25) is 4.79 Å². The van der Waals surface area contributed by atoms with E-state index in [2.05, 4.69) is 26.6 Å². The van der Waals surface area contributed by atoms with Gasteiger partial charge in [-0.1, -0.05) is 6.07 Å². The average Bonchev–Trinajstić information content (AvgIpc) is 3.18. The average molecular weight is 329 g/mol. The minimum Gasteiger partial charge on any atom is -0.355 e. The highest BCUT2D eigenvalue weighted by atomic mass is 79.9. The normalized spacial score (nSPS) is 14.4. The molecule has 1 aromatic carbocycles. The molecule has 0 aromatic heterocycles. The van der Waals surface area contributed by atoms with Crippen molar-refractivity contribution in [1.82, 2.24) is 10.6 Å². The van der Waals surface area contributed by atoms with Crippen LogP contribution in [0.25, 0.3) is 0 Å². The van der Waals surface area contributed by atoms with Crippen LogP contribution in [0.5, 0.6) is 0 Å². The Balaban J connectivity index is 1.61. The summed E-state index contributed by atoms with van der Waals surface area (Å²) in [7, 11) is 0. The van der Waals surface area contributed by atoms with E-state index in [1.165, 1.54) is 18.9 Å². The van der Waals surface area contributed by atoms with Gasteiger partial charge in [0.25, 0.3) is 0 Å². The Hall–Kier alpha value is -0.940. The van der Waals surface area contributed by atoms with Gasteiger partial charge in [0.1, 0.15) is 5.82 Å². The highest BCUT2D eigenvalue weighted by Crippen LogP contribution is 2.27. The molecule has 1 aliphatic rings. The van der Waals surface area contributed by atoms with Crippen molar-refractivity contribution in [2.75, 3.05) is 19.6 Å².